The first-order valence-electron chi connectivity index (χ1n) is 6.04. The minimum Gasteiger partial charge on any atom is -0.376 e. The Morgan fingerprint density at radius 2 is 2.29 bits per heavy atom. The molecule has 1 amide bonds. The molecule has 1 aliphatic rings. The second kappa shape index (κ2) is 6.60. The van der Waals surface area contributed by atoms with E-state index in [-0.39, 0.29) is 12.5 Å². The van der Waals surface area contributed by atoms with Gasteiger partial charge in [-0.2, -0.15) is 0 Å². The lowest BCUT2D eigenvalue weighted by Crippen LogP contribution is -2.39. The Kier molecular flexibility index (Phi) is 4.78. The molecule has 0 spiro atoms. The van der Waals surface area contributed by atoms with E-state index in [9.17, 15) is 4.79 Å². The van der Waals surface area contributed by atoms with E-state index in [0.29, 0.717) is 32.7 Å². The molecule has 2 aromatic heterocycles. The number of carbonyl (C=O) groups is 1. The van der Waals surface area contributed by atoms with Gasteiger partial charge in [0.15, 0.2) is 11.2 Å². The molecule has 9 heteroatoms. The Balaban J connectivity index is 1.70. The van der Waals surface area contributed by atoms with Crippen LogP contribution in [-0.2, 0) is 14.3 Å². The summed E-state index contributed by atoms with van der Waals surface area (Å²) in [4.78, 5) is 16.3. The maximum absolute atomic E-state index is 12.0. The van der Waals surface area contributed by atoms with Gasteiger partial charge in [0.1, 0.15) is 4.34 Å². The van der Waals surface area contributed by atoms with Gasteiger partial charge in [-0.1, -0.05) is 23.2 Å². The van der Waals surface area contributed by atoms with Crippen LogP contribution in [0.1, 0.15) is 0 Å². The van der Waals surface area contributed by atoms with E-state index in [1.807, 2.05) is 5.38 Å². The van der Waals surface area contributed by atoms with Gasteiger partial charge < -0.3 is 9.47 Å². The first-order chi connectivity index (χ1) is 10.1. The fraction of sp³-hybridized carbons (Fsp3) is 0.333. The number of rotatable bonds is 3. The number of nitrogens with one attached hydrogen (secondary N) is 1. The third-order valence-electron chi connectivity index (χ3n) is 2.78. The van der Waals surface area contributed by atoms with Crippen molar-refractivity contribution in [3.05, 3.63) is 20.1 Å². The third-order valence-corrected chi connectivity index (χ3v) is 5.02. The number of hydrogen-bond donors (Lipinski definition) is 1. The average Bonchev–Trinajstić information content (AvgIpc) is 3.06. The SMILES string of the molecule is O=C(Nc1nc(-c2cc(Cl)sc2Cl)cs1)C1COCCO1. The van der Waals surface area contributed by atoms with Gasteiger partial charge in [0.05, 0.1) is 29.9 Å². The lowest BCUT2D eigenvalue weighted by molar-refractivity contribution is -0.142. The van der Waals surface area contributed by atoms with Crippen LogP contribution in [0.15, 0.2) is 11.4 Å². The van der Waals surface area contributed by atoms with Crippen molar-refractivity contribution in [2.75, 3.05) is 25.1 Å². The Morgan fingerprint density at radius 1 is 1.43 bits per heavy atom. The van der Waals surface area contributed by atoms with Gasteiger partial charge in [0, 0.05) is 10.9 Å². The fourth-order valence-corrected chi connectivity index (χ4v) is 3.99. The smallest absolute Gasteiger partial charge is 0.257 e. The summed E-state index contributed by atoms with van der Waals surface area (Å²) < 4.78 is 11.7. The first kappa shape index (κ1) is 15.2. The molecule has 0 bridgehead atoms. The number of amides is 1. The topological polar surface area (TPSA) is 60.5 Å². The average molecular weight is 365 g/mol. The zero-order chi connectivity index (χ0) is 14.8. The van der Waals surface area contributed by atoms with Gasteiger partial charge >= 0.3 is 0 Å². The molecule has 1 saturated heterocycles. The molecule has 2 aromatic rings. The highest BCUT2D eigenvalue weighted by molar-refractivity contribution is 7.20. The van der Waals surface area contributed by atoms with Crippen LogP contribution in [0.2, 0.25) is 8.67 Å². The van der Waals surface area contributed by atoms with Crippen LogP contribution >= 0.6 is 45.9 Å². The summed E-state index contributed by atoms with van der Waals surface area (Å²) in [6.07, 6.45) is -0.592. The number of thiazole rings is 1. The Bertz CT molecular complexity index is 653. The molecule has 21 heavy (non-hydrogen) atoms. The van der Waals surface area contributed by atoms with Crippen LogP contribution < -0.4 is 5.32 Å². The Hall–Kier alpha value is -0.700. The molecule has 5 nitrogen and oxygen atoms in total. The van der Waals surface area contributed by atoms with Crippen molar-refractivity contribution < 1.29 is 14.3 Å². The van der Waals surface area contributed by atoms with E-state index < -0.39 is 6.10 Å². The summed E-state index contributed by atoms with van der Waals surface area (Å²) in [5, 5.41) is 5.02. The van der Waals surface area contributed by atoms with E-state index >= 15 is 0 Å². The molecule has 0 aliphatic carbocycles. The summed E-state index contributed by atoms with van der Waals surface area (Å²) in [5.41, 5.74) is 1.45. The molecule has 0 aromatic carbocycles. The summed E-state index contributed by atoms with van der Waals surface area (Å²) in [7, 11) is 0. The van der Waals surface area contributed by atoms with Gasteiger partial charge in [-0.25, -0.2) is 4.98 Å². The van der Waals surface area contributed by atoms with Crippen molar-refractivity contribution in [2.24, 2.45) is 0 Å². The highest BCUT2D eigenvalue weighted by atomic mass is 35.5. The van der Waals surface area contributed by atoms with Gasteiger partial charge in [0.2, 0.25) is 0 Å². The van der Waals surface area contributed by atoms with Crippen molar-refractivity contribution >= 4 is 56.9 Å². The van der Waals surface area contributed by atoms with Gasteiger partial charge in [-0.05, 0) is 6.07 Å². The van der Waals surface area contributed by atoms with E-state index in [0.717, 1.165) is 5.56 Å². The summed E-state index contributed by atoms with van der Waals surface area (Å²) >= 11 is 14.6. The summed E-state index contributed by atoms with van der Waals surface area (Å²) in [6.45, 7) is 1.20. The maximum Gasteiger partial charge on any atom is 0.257 e. The predicted octanol–water partition coefficient (Wildman–Crippen LogP) is 3.53. The molecule has 3 heterocycles. The third kappa shape index (κ3) is 3.56. The second-order valence-corrected chi connectivity index (χ2v) is 7.34. The molecule has 0 saturated carbocycles. The molecule has 1 fully saturated rings. The van der Waals surface area contributed by atoms with Gasteiger partial charge in [-0.3, -0.25) is 10.1 Å². The number of ether oxygens (including phenoxy) is 2. The van der Waals surface area contributed by atoms with Gasteiger partial charge in [-0.15, -0.1) is 22.7 Å². The van der Waals surface area contributed by atoms with Crippen LogP contribution in [0, 0.1) is 0 Å². The van der Waals surface area contributed by atoms with Crippen molar-refractivity contribution in [1.82, 2.24) is 4.98 Å². The van der Waals surface area contributed by atoms with Crippen molar-refractivity contribution in [3.8, 4) is 11.3 Å². The minimum atomic E-state index is -0.592. The lowest BCUT2D eigenvalue weighted by atomic mass is 10.3. The molecule has 1 unspecified atom stereocenters. The number of halogens is 2. The Morgan fingerprint density at radius 3 is 2.95 bits per heavy atom. The number of thiophene rings is 1. The summed E-state index contributed by atoms with van der Waals surface area (Å²) in [5.74, 6) is -0.259. The normalized spacial score (nSPS) is 18.7. The fourth-order valence-electron chi connectivity index (χ4n) is 1.79. The monoisotopic (exact) mass is 364 g/mol. The predicted molar refractivity (Wildman–Crippen MR) is 84.6 cm³/mol. The van der Waals surface area contributed by atoms with Crippen LogP contribution in [0.25, 0.3) is 11.3 Å². The van der Waals surface area contributed by atoms with E-state index in [1.54, 1.807) is 6.07 Å². The molecular weight excluding hydrogens is 355 g/mol. The molecule has 3 rings (SSSR count). The quantitative estimate of drug-likeness (QED) is 0.904. The number of anilines is 1. The van der Waals surface area contributed by atoms with Crippen LogP contribution in [0.4, 0.5) is 5.13 Å². The number of hydrogen-bond acceptors (Lipinski definition) is 6. The maximum atomic E-state index is 12.0. The number of nitrogens with zero attached hydrogens (tertiary/aromatic N) is 1. The van der Waals surface area contributed by atoms with Gasteiger partial charge in [0.25, 0.3) is 5.91 Å². The number of carbonyl (C=O) groups excluding carboxylic acids is 1. The molecule has 1 atom stereocenters. The molecular formula is C12H10Cl2N2O3S2. The highest BCUT2D eigenvalue weighted by Gasteiger charge is 2.23. The van der Waals surface area contributed by atoms with E-state index in [1.165, 1.54) is 22.7 Å². The molecule has 1 aliphatic heterocycles. The minimum absolute atomic E-state index is 0.259. The Labute approximate surface area is 138 Å². The molecule has 112 valence electrons. The standard InChI is InChI=1S/C12H10Cl2N2O3S2/c13-9-3-6(10(14)21-9)7-5-20-12(15-7)16-11(17)8-4-18-1-2-19-8/h3,5,8H,1-2,4H2,(H,15,16,17). The van der Waals surface area contributed by atoms with Crippen molar-refractivity contribution in [3.63, 3.8) is 0 Å². The van der Waals surface area contributed by atoms with Crippen molar-refractivity contribution in [1.29, 1.82) is 0 Å². The molecule has 1 N–H and O–H groups in total. The van der Waals surface area contributed by atoms with E-state index in [4.69, 9.17) is 32.7 Å². The molecule has 0 radical (unpaired) electrons. The lowest BCUT2D eigenvalue weighted by Gasteiger charge is -2.21. The second-order valence-electron chi connectivity index (χ2n) is 4.20. The zero-order valence-corrected chi connectivity index (χ0v) is 13.7. The van der Waals surface area contributed by atoms with Crippen LogP contribution in [0.3, 0.4) is 0 Å². The summed E-state index contributed by atoms with van der Waals surface area (Å²) in [6, 6.07) is 1.76. The largest absolute Gasteiger partial charge is 0.376 e. The number of aromatic nitrogens is 1. The van der Waals surface area contributed by atoms with Crippen LogP contribution in [-0.4, -0.2) is 36.8 Å². The first-order valence-corrected chi connectivity index (χ1v) is 8.49. The zero-order valence-electron chi connectivity index (χ0n) is 10.6. The highest BCUT2D eigenvalue weighted by Crippen LogP contribution is 2.38. The van der Waals surface area contributed by atoms with Crippen molar-refractivity contribution in [2.45, 2.75) is 6.10 Å². The van der Waals surface area contributed by atoms with E-state index in [2.05, 4.69) is 10.3 Å². The van der Waals surface area contributed by atoms with Crippen LogP contribution in [0.5, 0.6) is 0 Å².